The number of anilines is 1. The molecule has 1 aliphatic carbocycles. The molecule has 6 heterocycles. The van der Waals surface area contributed by atoms with E-state index in [1.807, 2.05) is 12.1 Å². The van der Waals surface area contributed by atoms with E-state index in [2.05, 4.69) is 20.6 Å². The Bertz CT molecular complexity index is 1510. The van der Waals surface area contributed by atoms with Gasteiger partial charge >= 0.3 is 0 Å². The summed E-state index contributed by atoms with van der Waals surface area (Å²) in [7, 11) is 0. The second-order valence-corrected chi connectivity index (χ2v) is 12.0. The highest BCUT2D eigenvalue weighted by atomic mass is 19.1. The Labute approximate surface area is 230 Å². The van der Waals surface area contributed by atoms with E-state index in [1.54, 1.807) is 19.9 Å². The van der Waals surface area contributed by atoms with Crippen LogP contribution in [-0.2, 0) is 29.0 Å². The maximum atomic E-state index is 15.2. The summed E-state index contributed by atoms with van der Waals surface area (Å²) in [4.78, 5) is 33.1. The normalized spacial score (nSPS) is 24.1. The fourth-order valence-corrected chi connectivity index (χ4v) is 6.14. The molecule has 0 aromatic carbocycles. The molecule has 3 aliphatic heterocycles. The van der Waals surface area contributed by atoms with Crippen LogP contribution in [0.1, 0.15) is 57.2 Å². The maximum absolute atomic E-state index is 15.2. The van der Waals surface area contributed by atoms with Gasteiger partial charge in [0.25, 0.3) is 11.5 Å². The van der Waals surface area contributed by atoms with Crippen molar-refractivity contribution in [1.82, 2.24) is 19.9 Å². The predicted molar refractivity (Wildman–Crippen MR) is 146 cm³/mol. The van der Waals surface area contributed by atoms with Crippen LogP contribution >= 0.6 is 0 Å². The summed E-state index contributed by atoms with van der Waals surface area (Å²) in [6.07, 6.45) is 5.73. The van der Waals surface area contributed by atoms with E-state index in [0.29, 0.717) is 54.2 Å². The molecule has 40 heavy (non-hydrogen) atoms. The smallest absolute Gasteiger partial charge is 0.263 e. The maximum Gasteiger partial charge on any atom is 0.263 e. The molecule has 4 aliphatic rings. The van der Waals surface area contributed by atoms with Crippen LogP contribution in [0.15, 0.2) is 35.3 Å². The topological polar surface area (TPSA) is 128 Å². The number of rotatable bonds is 8. The molecule has 0 atom stereocenters. The highest BCUT2D eigenvalue weighted by Gasteiger charge is 2.49. The molecule has 0 unspecified atom stereocenters. The van der Waals surface area contributed by atoms with E-state index in [0.717, 1.165) is 31.4 Å². The van der Waals surface area contributed by atoms with Crippen LogP contribution in [0.3, 0.4) is 0 Å². The number of fused-ring (bicyclic) bond motifs is 5. The third-order valence-electron chi connectivity index (χ3n) is 8.38. The van der Waals surface area contributed by atoms with Crippen molar-refractivity contribution in [3.63, 3.8) is 0 Å². The lowest BCUT2D eigenvalue weighted by atomic mass is 9.69. The lowest BCUT2D eigenvalue weighted by Gasteiger charge is -2.53. The van der Waals surface area contributed by atoms with Crippen LogP contribution in [0, 0.1) is 5.82 Å². The van der Waals surface area contributed by atoms with Crippen LogP contribution in [0.2, 0.25) is 0 Å². The minimum Gasteiger partial charge on any atom is -0.480 e. The zero-order valence-electron chi connectivity index (χ0n) is 22.8. The second-order valence-electron chi connectivity index (χ2n) is 12.0. The highest BCUT2D eigenvalue weighted by molar-refractivity contribution is 5.94. The molecule has 3 aromatic rings. The largest absolute Gasteiger partial charge is 0.480 e. The molecule has 7 rings (SSSR count). The number of carbonyl (C=O) groups is 1. The molecule has 3 aromatic heterocycles. The lowest BCUT2D eigenvalue weighted by Crippen LogP contribution is -2.61. The van der Waals surface area contributed by atoms with Gasteiger partial charge in [-0.2, -0.15) is 0 Å². The standard InChI is InChI=1S/C29H34FN5O5/c1-27(2,38)16-35-24(37)6-4-21-25(35)19(20(30)14-31-21)7-8-29-11-9-28(10-12-29,17-40-29)32-13-18-3-5-22-26(33-18)34-23(36)15-39-22/h3-6,14,32,38H,7-13,15-17H2,1-2H3,(H,33,34,36). The number of ether oxygens (including phenoxy) is 2. The minimum absolute atomic E-state index is 0.000971. The van der Waals surface area contributed by atoms with Gasteiger partial charge in [0.1, 0.15) is 5.82 Å². The van der Waals surface area contributed by atoms with Gasteiger partial charge in [-0.3, -0.25) is 14.6 Å². The van der Waals surface area contributed by atoms with Crippen LogP contribution in [0.4, 0.5) is 10.2 Å². The van der Waals surface area contributed by atoms with Gasteiger partial charge in [-0.15, -0.1) is 0 Å². The number of pyridine rings is 3. The average molecular weight is 552 g/mol. The van der Waals surface area contributed by atoms with E-state index in [4.69, 9.17) is 9.47 Å². The molecule has 1 amide bonds. The van der Waals surface area contributed by atoms with Gasteiger partial charge in [0, 0.05) is 23.7 Å². The van der Waals surface area contributed by atoms with Crippen molar-refractivity contribution in [3.05, 3.63) is 57.9 Å². The first-order valence-electron chi connectivity index (χ1n) is 13.7. The SMILES string of the molecule is CC(C)(O)Cn1c(=O)ccc2ncc(F)c(CCC34CCC(NCc5ccc6c(n5)NC(=O)CO6)(CC3)CO4)c21. The van der Waals surface area contributed by atoms with Gasteiger partial charge in [-0.1, -0.05) is 0 Å². The summed E-state index contributed by atoms with van der Waals surface area (Å²) in [5, 5.41) is 16.8. The van der Waals surface area contributed by atoms with E-state index in [1.165, 1.54) is 16.8 Å². The predicted octanol–water partition coefficient (Wildman–Crippen LogP) is 2.84. The van der Waals surface area contributed by atoms with Gasteiger partial charge < -0.3 is 29.8 Å². The zero-order chi connectivity index (χ0) is 28.1. The molecular weight excluding hydrogens is 517 g/mol. The van der Waals surface area contributed by atoms with Crippen LogP contribution < -0.4 is 20.9 Å². The van der Waals surface area contributed by atoms with Gasteiger partial charge in [0.15, 0.2) is 18.2 Å². The fraction of sp³-hybridized carbons (Fsp3) is 0.517. The van der Waals surface area contributed by atoms with Gasteiger partial charge in [-0.05, 0) is 70.6 Å². The molecule has 0 radical (unpaired) electrons. The molecule has 2 bridgehead atoms. The monoisotopic (exact) mass is 551 g/mol. The Hall–Kier alpha value is -3.41. The molecule has 1 saturated carbocycles. The van der Waals surface area contributed by atoms with Crippen molar-refractivity contribution < 1.29 is 23.8 Å². The van der Waals surface area contributed by atoms with E-state index < -0.39 is 11.4 Å². The number of amides is 1. The van der Waals surface area contributed by atoms with Crippen molar-refractivity contribution >= 4 is 22.8 Å². The number of hydrogen-bond donors (Lipinski definition) is 3. The molecule has 3 N–H and O–H groups in total. The Balaban J connectivity index is 1.14. The Morgan fingerprint density at radius 1 is 1.18 bits per heavy atom. The minimum atomic E-state index is -1.15. The number of aryl methyl sites for hydroxylation is 1. The summed E-state index contributed by atoms with van der Waals surface area (Å²) < 4.78 is 28.5. The first kappa shape index (κ1) is 26.8. The van der Waals surface area contributed by atoms with E-state index >= 15 is 4.39 Å². The first-order valence-corrected chi connectivity index (χ1v) is 13.7. The Kier molecular flexibility index (Phi) is 6.63. The van der Waals surface area contributed by atoms with E-state index in [9.17, 15) is 14.7 Å². The molecule has 11 heteroatoms. The van der Waals surface area contributed by atoms with Crippen molar-refractivity contribution in [2.75, 3.05) is 18.5 Å². The lowest BCUT2D eigenvalue weighted by molar-refractivity contribution is -0.165. The second kappa shape index (κ2) is 9.90. The van der Waals surface area contributed by atoms with Gasteiger partial charge in [0.05, 0.1) is 47.3 Å². The average Bonchev–Trinajstić information content (AvgIpc) is 2.93. The zero-order valence-corrected chi connectivity index (χ0v) is 22.8. The first-order chi connectivity index (χ1) is 19.0. The van der Waals surface area contributed by atoms with Crippen molar-refractivity contribution in [1.29, 1.82) is 0 Å². The number of aliphatic hydroxyl groups is 1. The molecule has 212 valence electrons. The summed E-state index contributed by atoms with van der Waals surface area (Å²) >= 11 is 0. The number of nitrogens with one attached hydrogen (secondary N) is 2. The molecule has 2 saturated heterocycles. The molecule has 0 spiro atoms. The Morgan fingerprint density at radius 2 is 1.98 bits per heavy atom. The number of nitrogens with zero attached hydrogens (tertiary/aromatic N) is 3. The Morgan fingerprint density at radius 3 is 2.70 bits per heavy atom. The number of carbonyl (C=O) groups excluding carboxylic acids is 1. The van der Waals surface area contributed by atoms with Crippen LogP contribution in [-0.4, -0.2) is 55.5 Å². The third-order valence-corrected chi connectivity index (χ3v) is 8.38. The van der Waals surface area contributed by atoms with Crippen LogP contribution in [0.5, 0.6) is 5.75 Å². The summed E-state index contributed by atoms with van der Waals surface area (Å²) in [6, 6.07) is 6.73. The highest BCUT2D eigenvalue weighted by Crippen LogP contribution is 2.46. The molecule has 3 fully saturated rings. The fourth-order valence-electron chi connectivity index (χ4n) is 6.14. The molecular formula is C29H34FN5O5. The molecule has 10 nitrogen and oxygen atoms in total. The van der Waals surface area contributed by atoms with Crippen LogP contribution in [0.25, 0.3) is 11.0 Å². The third kappa shape index (κ3) is 5.21. The number of hydrogen-bond acceptors (Lipinski definition) is 8. The van der Waals surface area contributed by atoms with Crippen molar-refractivity contribution in [2.45, 2.75) is 82.2 Å². The van der Waals surface area contributed by atoms with Gasteiger partial charge in [-0.25, -0.2) is 9.37 Å². The summed E-state index contributed by atoms with van der Waals surface area (Å²) in [5.41, 5.74) is 0.228. The number of aromatic nitrogens is 3. The summed E-state index contributed by atoms with van der Waals surface area (Å²) in [6.45, 7) is 4.35. The van der Waals surface area contributed by atoms with Gasteiger partial charge in [0.2, 0.25) is 0 Å². The quantitative estimate of drug-likeness (QED) is 0.390. The van der Waals surface area contributed by atoms with Crippen molar-refractivity contribution in [2.24, 2.45) is 0 Å². The number of halogens is 1. The van der Waals surface area contributed by atoms with E-state index in [-0.39, 0.29) is 35.8 Å². The summed E-state index contributed by atoms with van der Waals surface area (Å²) in [5.74, 6) is 0.342. The van der Waals surface area contributed by atoms with Crippen molar-refractivity contribution in [3.8, 4) is 5.75 Å².